The second-order valence-corrected chi connectivity index (χ2v) is 7.78. The molecule has 0 fully saturated rings. The zero-order valence-corrected chi connectivity index (χ0v) is 16.5. The predicted octanol–water partition coefficient (Wildman–Crippen LogP) is 5.28. The van der Waals surface area contributed by atoms with E-state index in [1.807, 2.05) is 6.07 Å². The standard InChI is InChI=1S/C23H32N2O/c1-17(2)25(18(3)4)14-13-20-15-24-21-11-8-12-22(23(20)21)26-16-19-9-6-5-7-10-19/h5-12,17-18,20,24H,13-16H2,1-4H3. The van der Waals surface area contributed by atoms with Crippen molar-refractivity contribution in [2.75, 3.05) is 18.4 Å². The zero-order chi connectivity index (χ0) is 18.5. The Morgan fingerprint density at radius 1 is 1.00 bits per heavy atom. The monoisotopic (exact) mass is 352 g/mol. The quantitative estimate of drug-likeness (QED) is 0.699. The number of hydrogen-bond acceptors (Lipinski definition) is 3. The summed E-state index contributed by atoms with van der Waals surface area (Å²) < 4.78 is 6.21. The number of nitrogens with zero attached hydrogens (tertiary/aromatic N) is 1. The minimum Gasteiger partial charge on any atom is -0.489 e. The molecule has 0 radical (unpaired) electrons. The largest absolute Gasteiger partial charge is 0.489 e. The van der Waals surface area contributed by atoms with Crippen molar-refractivity contribution in [3.63, 3.8) is 0 Å². The number of anilines is 1. The molecule has 0 aromatic heterocycles. The van der Waals surface area contributed by atoms with E-state index in [1.165, 1.54) is 16.8 Å². The SMILES string of the molecule is CC(C)N(CCC1CNc2cccc(OCc3ccccc3)c21)C(C)C. The Morgan fingerprint density at radius 3 is 2.42 bits per heavy atom. The Kier molecular flexibility index (Phi) is 6.20. The van der Waals surface area contributed by atoms with E-state index in [1.54, 1.807) is 0 Å². The molecule has 0 bridgehead atoms. The molecule has 1 unspecified atom stereocenters. The van der Waals surface area contributed by atoms with Gasteiger partial charge in [0.1, 0.15) is 12.4 Å². The van der Waals surface area contributed by atoms with Crippen LogP contribution in [0.4, 0.5) is 5.69 Å². The molecular weight excluding hydrogens is 320 g/mol. The van der Waals surface area contributed by atoms with Gasteiger partial charge in [-0.25, -0.2) is 0 Å². The molecule has 1 heterocycles. The lowest BCUT2D eigenvalue weighted by molar-refractivity contribution is 0.169. The summed E-state index contributed by atoms with van der Waals surface area (Å²) in [5, 5.41) is 3.57. The van der Waals surface area contributed by atoms with Crippen LogP contribution in [0.25, 0.3) is 0 Å². The summed E-state index contributed by atoms with van der Waals surface area (Å²) >= 11 is 0. The average molecular weight is 353 g/mol. The first-order valence-electron chi connectivity index (χ1n) is 9.85. The van der Waals surface area contributed by atoms with Crippen molar-refractivity contribution in [3.05, 3.63) is 59.7 Å². The van der Waals surface area contributed by atoms with Gasteiger partial charge in [-0.15, -0.1) is 0 Å². The molecule has 0 saturated heterocycles. The fourth-order valence-corrected chi connectivity index (χ4v) is 3.98. The van der Waals surface area contributed by atoms with Gasteiger partial charge in [-0.3, -0.25) is 4.90 Å². The van der Waals surface area contributed by atoms with Gasteiger partial charge in [0.05, 0.1) is 0 Å². The van der Waals surface area contributed by atoms with Crippen molar-refractivity contribution < 1.29 is 4.74 Å². The van der Waals surface area contributed by atoms with Crippen LogP contribution in [0.15, 0.2) is 48.5 Å². The number of nitrogens with one attached hydrogen (secondary N) is 1. The molecule has 0 aliphatic carbocycles. The number of rotatable bonds is 8. The van der Waals surface area contributed by atoms with Crippen LogP contribution in [0.5, 0.6) is 5.75 Å². The first kappa shape index (κ1) is 18.8. The first-order valence-corrected chi connectivity index (χ1v) is 9.85. The molecule has 2 aromatic rings. The van der Waals surface area contributed by atoms with Gasteiger partial charge >= 0.3 is 0 Å². The summed E-state index contributed by atoms with van der Waals surface area (Å²) in [7, 11) is 0. The van der Waals surface area contributed by atoms with Crippen molar-refractivity contribution in [1.82, 2.24) is 4.90 Å². The second-order valence-electron chi connectivity index (χ2n) is 7.78. The minimum absolute atomic E-state index is 0.511. The number of benzene rings is 2. The highest BCUT2D eigenvalue weighted by Gasteiger charge is 2.27. The molecule has 3 heteroatoms. The van der Waals surface area contributed by atoms with E-state index in [0.29, 0.717) is 24.6 Å². The number of hydrogen-bond donors (Lipinski definition) is 1. The topological polar surface area (TPSA) is 24.5 Å². The Hall–Kier alpha value is -2.00. The molecule has 0 spiro atoms. The molecule has 3 nitrogen and oxygen atoms in total. The van der Waals surface area contributed by atoms with Crippen LogP contribution in [0, 0.1) is 0 Å². The Balaban J connectivity index is 1.70. The number of ether oxygens (including phenoxy) is 1. The minimum atomic E-state index is 0.511. The second kappa shape index (κ2) is 8.59. The summed E-state index contributed by atoms with van der Waals surface area (Å²) in [6.07, 6.45) is 1.15. The highest BCUT2D eigenvalue weighted by atomic mass is 16.5. The van der Waals surface area contributed by atoms with E-state index in [2.05, 4.69) is 80.4 Å². The maximum atomic E-state index is 6.21. The third kappa shape index (κ3) is 4.39. The number of fused-ring (bicyclic) bond motifs is 1. The molecule has 0 amide bonds. The summed E-state index contributed by atoms with van der Waals surface area (Å²) in [5.41, 5.74) is 3.80. The lowest BCUT2D eigenvalue weighted by Gasteiger charge is -2.31. The molecule has 3 rings (SSSR count). The fraction of sp³-hybridized carbons (Fsp3) is 0.478. The van der Waals surface area contributed by atoms with Gasteiger partial charge in [0, 0.05) is 35.8 Å². The van der Waals surface area contributed by atoms with Crippen molar-refractivity contribution in [2.24, 2.45) is 0 Å². The van der Waals surface area contributed by atoms with Gasteiger partial charge < -0.3 is 10.1 Å². The van der Waals surface area contributed by atoms with Gasteiger partial charge in [0.2, 0.25) is 0 Å². The fourth-order valence-electron chi connectivity index (χ4n) is 3.98. The molecule has 1 aliphatic rings. The smallest absolute Gasteiger partial charge is 0.125 e. The lowest BCUT2D eigenvalue weighted by atomic mass is 9.96. The highest BCUT2D eigenvalue weighted by molar-refractivity contribution is 5.63. The van der Waals surface area contributed by atoms with Crippen LogP contribution in [-0.4, -0.2) is 30.1 Å². The Bertz CT molecular complexity index is 689. The molecule has 1 N–H and O–H groups in total. The van der Waals surface area contributed by atoms with Crippen molar-refractivity contribution in [2.45, 2.75) is 58.7 Å². The van der Waals surface area contributed by atoms with Gasteiger partial charge in [-0.1, -0.05) is 36.4 Å². The van der Waals surface area contributed by atoms with Gasteiger partial charge in [-0.2, -0.15) is 0 Å². The summed E-state index contributed by atoms with van der Waals surface area (Å²) in [5.74, 6) is 1.54. The van der Waals surface area contributed by atoms with Crippen LogP contribution in [0.3, 0.4) is 0 Å². The van der Waals surface area contributed by atoms with E-state index in [9.17, 15) is 0 Å². The Labute approximate surface area is 158 Å². The molecule has 0 saturated carbocycles. The molecular formula is C23H32N2O. The lowest BCUT2D eigenvalue weighted by Crippen LogP contribution is -2.38. The molecule has 140 valence electrons. The predicted molar refractivity (Wildman–Crippen MR) is 110 cm³/mol. The molecule has 2 aromatic carbocycles. The summed E-state index contributed by atoms with van der Waals surface area (Å²) in [4.78, 5) is 2.57. The van der Waals surface area contributed by atoms with E-state index in [0.717, 1.165) is 25.3 Å². The van der Waals surface area contributed by atoms with E-state index in [4.69, 9.17) is 4.74 Å². The van der Waals surface area contributed by atoms with Crippen LogP contribution in [0.1, 0.15) is 51.2 Å². The summed E-state index contributed by atoms with van der Waals surface area (Å²) in [6.45, 7) is 11.9. The highest BCUT2D eigenvalue weighted by Crippen LogP contribution is 2.40. The maximum Gasteiger partial charge on any atom is 0.125 e. The molecule has 1 atom stereocenters. The van der Waals surface area contributed by atoms with E-state index < -0.39 is 0 Å². The van der Waals surface area contributed by atoms with Crippen molar-refractivity contribution in [3.8, 4) is 5.75 Å². The molecule has 26 heavy (non-hydrogen) atoms. The van der Waals surface area contributed by atoms with Crippen LogP contribution >= 0.6 is 0 Å². The summed E-state index contributed by atoms with van der Waals surface area (Å²) in [6, 6.07) is 17.9. The van der Waals surface area contributed by atoms with E-state index >= 15 is 0 Å². The van der Waals surface area contributed by atoms with E-state index in [-0.39, 0.29) is 0 Å². The molecule has 1 aliphatic heterocycles. The normalized spacial score (nSPS) is 16.2. The van der Waals surface area contributed by atoms with Gasteiger partial charge in [-0.05, 0) is 58.4 Å². The van der Waals surface area contributed by atoms with Crippen LogP contribution in [-0.2, 0) is 6.61 Å². The maximum absolute atomic E-state index is 6.21. The Morgan fingerprint density at radius 2 is 1.73 bits per heavy atom. The van der Waals surface area contributed by atoms with Crippen LogP contribution < -0.4 is 10.1 Å². The average Bonchev–Trinajstić information content (AvgIpc) is 3.04. The van der Waals surface area contributed by atoms with Crippen molar-refractivity contribution in [1.29, 1.82) is 0 Å². The third-order valence-electron chi connectivity index (χ3n) is 5.31. The van der Waals surface area contributed by atoms with Gasteiger partial charge in [0.25, 0.3) is 0 Å². The zero-order valence-electron chi connectivity index (χ0n) is 16.5. The van der Waals surface area contributed by atoms with Crippen molar-refractivity contribution >= 4 is 5.69 Å². The van der Waals surface area contributed by atoms with Crippen LogP contribution in [0.2, 0.25) is 0 Å². The third-order valence-corrected chi connectivity index (χ3v) is 5.31. The van der Waals surface area contributed by atoms with Gasteiger partial charge in [0.15, 0.2) is 0 Å². The first-order chi connectivity index (χ1) is 12.6.